The maximum Gasteiger partial charge on any atom is 0.218 e. The molecule has 1 heterocycles. The van der Waals surface area contributed by atoms with Crippen LogP contribution in [0.25, 0.3) is 0 Å². The highest BCUT2D eigenvalue weighted by molar-refractivity contribution is 6.31. The fourth-order valence-corrected chi connectivity index (χ4v) is 2.24. The van der Waals surface area contributed by atoms with Crippen molar-refractivity contribution in [2.45, 2.75) is 13.2 Å². The van der Waals surface area contributed by atoms with Crippen molar-refractivity contribution < 1.29 is 9.13 Å². The summed E-state index contributed by atoms with van der Waals surface area (Å²) in [7, 11) is 0. The molecule has 0 atom stereocenters. The summed E-state index contributed by atoms with van der Waals surface area (Å²) in [4.78, 5) is 3.99. The number of anilines is 1. The number of nitrogens with zero attached hydrogens (tertiary/aromatic N) is 2. The zero-order valence-corrected chi connectivity index (χ0v) is 12.8. The molecule has 0 fully saturated rings. The van der Waals surface area contributed by atoms with Gasteiger partial charge >= 0.3 is 0 Å². The number of aromatic amines is 1. The Bertz CT molecular complexity index is 780. The lowest BCUT2D eigenvalue weighted by atomic mass is 10.2. The van der Waals surface area contributed by atoms with E-state index in [1.807, 2.05) is 24.3 Å². The zero-order chi connectivity index (χ0) is 16.1. The van der Waals surface area contributed by atoms with Gasteiger partial charge in [0, 0.05) is 12.1 Å². The summed E-state index contributed by atoms with van der Waals surface area (Å²) >= 11 is 5.99. The Morgan fingerprint density at radius 1 is 1.22 bits per heavy atom. The van der Waals surface area contributed by atoms with Crippen molar-refractivity contribution >= 4 is 17.5 Å². The van der Waals surface area contributed by atoms with E-state index >= 15 is 0 Å². The van der Waals surface area contributed by atoms with Gasteiger partial charge in [0.05, 0.1) is 5.02 Å². The van der Waals surface area contributed by atoms with Gasteiger partial charge in [-0.1, -0.05) is 29.8 Å². The number of nitrogens with one attached hydrogen (secondary N) is 2. The van der Waals surface area contributed by atoms with Crippen LogP contribution in [0.3, 0.4) is 0 Å². The molecule has 3 aromatic rings. The minimum atomic E-state index is -0.362. The molecule has 118 valence electrons. The van der Waals surface area contributed by atoms with E-state index in [0.717, 1.165) is 11.1 Å². The fraction of sp³-hybridized carbons (Fsp3) is 0.125. The molecule has 2 aromatic carbocycles. The highest BCUT2D eigenvalue weighted by Crippen LogP contribution is 2.21. The average Bonchev–Trinajstić information content (AvgIpc) is 3.06. The molecule has 0 amide bonds. The van der Waals surface area contributed by atoms with Gasteiger partial charge in [0.15, 0.2) is 0 Å². The molecule has 0 aliphatic carbocycles. The van der Waals surface area contributed by atoms with Crippen molar-refractivity contribution in [1.82, 2.24) is 15.2 Å². The molecule has 2 N–H and O–H groups in total. The summed E-state index contributed by atoms with van der Waals surface area (Å²) in [6.45, 7) is 0.863. The molecule has 7 heteroatoms. The Hall–Kier alpha value is -2.60. The summed E-state index contributed by atoms with van der Waals surface area (Å²) in [5, 5.41) is 9.96. The lowest BCUT2D eigenvalue weighted by molar-refractivity contribution is 0.306. The largest absolute Gasteiger partial charge is 0.489 e. The lowest BCUT2D eigenvalue weighted by Gasteiger charge is -2.10. The predicted molar refractivity (Wildman–Crippen MR) is 85.9 cm³/mol. The van der Waals surface area contributed by atoms with Gasteiger partial charge in [-0.25, -0.2) is 14.5 Å². The van der Waals surface area contributed by atoms with E-state index in [4.69, 9.17) is 16.3 Å². The second-order valence-electron chi connectivity index (χ2n) is 4.86. The second kappa shape index (κ2) is 7.11. The molecular formula is C16H14ClFN4O. The lowest BCUT2D eigenvalue weighted by Crippen LogP contribution is -2.02. The summed E-state index contributed by atoms with van der Waals surface area (Å²) in [6.07, 6.45) is 1.44. The van der Waals surface area contributed by atoms with Crippen LogP contribution in [0.15, 0.2) is 48.8 Å². The van der Waals surface area contributed by atoms with Gasteiger partial charge in [-0.15, -0.1) is 0 Å². The Labute approximate surface area is 137 Å². The first-order valence-electron chi connectivity index (χ1n) is 6.95. The van der Waals surface area contributed by atoms with Crippen LogP contribution >= 0.6 is 11.6 Å². The van der Waals surface area contributed by atoms with Crippen molar-refractivity contribution in [3.63, 3.8) is 0 Å². The SMILES string of the molecule is Fc1ccc(COc2cccc(CNc3ncn[nH]3)c2)c(Cl)c1. The smallest absolute Gasteiger partial charge is 0.218 e. The third kappa shape index (κ3) is 4.20. The molecule has 0 saturated carbocycles. The minimum absolute atomic E-state index is 0.276. The predicted octanol–water partition coefficient (Wildman–Crippen LogP) is 3.79. The Morgan fingerprint density at radius 3 is 2.91 bits per heavy atom. The number of ether oxygens (including phenoxy) is 1. The van der Waals surface area contributed by atoms with Crippen LogP contribution in [0.2, 0.25) is 5.02 Å². The first-order valence-corrected chi connectivity index (χ1v) is 7.33. The number of hydrogen-bond donors (Lipinski definition) is 2. The number of halogens is 2. The van der Waals surface area contributed by atoms with Crippen LogP contribution < -0.4 is 10.1 Å². The first-order chi connectivity index (χ1) is 11.2. The average molecular weight is 333 g/mol. The van der Waals surface area contributed by atoms with Crippen molar-refractivity contribution in [2.24, 2.45) is 0 Å². The van der Waals surface area contributed by atoms with E-state index in [9.17, 15) is 4.39 Å². The number of aromatic nitrogens is 3. The Balaban J connectivity index is 1.60. The van der Waals surface area contributed by atoms with Crippen molar-refractivity contribution in [3.05, 3.63) is 70.8 Å². The van der Waals surface area contributed by atoms with Crippen LogP contribution in [-0.2, 0) is 13.2 Å². The highest BCUT2D eigenvalue weighted by atomic mass is 35.5. The van der Waals surface area contributed by atoms with Crippen molar-refractivity contribution in [3.8, 4) is 5.75 Å². The van der Waals surface area contributed by atoms with Crippen molar-refractivity contribution in [2.75, 3.05) is 5.32 Å². The van der Waals surface area contributed by atoms with E-state index in [0.29, 0.717) is 23.3 Å². The van der Waals surface area contributed by atoms with Crippen LogP contribution in [0.5, 0.6) is 5.75 Å². The zero-order valence-electron chi connectivity index (χ0n) is 12.1. The van der Waals surface area contributed by atoms with Gasteiger partial charge < -0.3 is 10.1 Å². The van der Waals surface area contributed by atoms with E-state index in [2.05, 4.69) is 20.5 Å². The molecule has 3 rings (SSSR count). The van der Waals surface area contributed by atoms with E-state index < -0.39 is 0 Å². The van der Waals surface area contributed by atoms with Crippen LogP contribution in [0.1, 0.15) is 11.1 Å². The van der Waals surface area contributed by atoms with E-state index in [1.54, 1.807) is 6.07 Å². The van der Waals surface area contributed by atoms with Gasteiger partial charge in [-0.2, -0.15) is 5.10 Å². The molecule has 0 unspecified atom stereocenters. The van der Waals surface area contributed by atoms with Crippen LogP contribution in [-0.4, -0.2) is 15.2 Å². The number of hydrogen-bond acceptors (Lipinski definition) is 4. The first kappa shape index (κ1) is 15.3. The number of benzene rings is 2. The summed E-state index contributed by atoms with van der Waals surface area (Å²) in [5.41, 5.74) is 1.77. The van der Waals surface area contributed by atoms with Crippen LogP contribution in [0, 0.1) is 5.82 Å². The molecule has 5 nitrogen and oxygen atoms in total. The van der Waals surface area contributed by atoms with Crippen LogP contribution in [0.4, 0.5) is 10.3 Å². The summed E-state index contributed by atoms with van der Waals surface area (Å²) in [6, 6.07) is 11.9. The Kier molecular flexibility index (Phi) is 4.73. The Morgan fingerprint density at radius 2 is 2.13 bits per heavy atom. The number of H-pyrrole nitrogens is 1. The summed E-state index contributed by atoms with van der Waals surface area (Å²) < 4.78 is 18.7. The monoisotopic (exact) mass is 332 g/mol. The molecule has 0 aliphatic heterocycles. The molecule has 0 spiro atoms. The highest BCUT2D eigenvalue weighted by Gasteiger charge is 2.04. The third-order valence-electron chi connectivity index (χ3n) is 3.18. The molecule has 0 saturated heterocycles. The third-order valence-corrected chi connectivity index (χ3v) is 3.53. The molecular weight excluding hydrogens is 319 g/mol. The quantitative estimate of drug-likeness (QED) is 0.721. The molecule has 1 aromatic heterocycles. The maximum atomic E-state index is 13.0. The number of rotatable bonds is 6. The molecule has 0 bridgehead atoms. The standard InChI is InChI=1S/C16H14ClFN4O/c17-15-7-13(18)5-4-12(15)9-23-14-3-1-2-11(6-14)8-19-16-20-10-21-22-16/h1-7,10H,8-9H2,(H2,19,20,21,22). The molecule has 23 heavy (non-hydrogen) atoms. The maximum absolute atomic E-state index is 13.0. The van der Waals surface area contributed by atoms with Gasteiger partial charge in [0.1, 0.15) is 24.5 Å². The minimum Gasteiger partial charge on any atom is -0.489 e. The van der Waals surface area contributed by atoms with Gasteiger partial charge in [0.25, 0.3) is 0 Å². The van der Waals surface area contributed by atoms with E-state index in [1.165, 1.54) is 18.5 Å². The van der Waals surface area contributed by atoms with Gasteiger partial charge in [0.2, 0.25) is 5.95 Å². The van der Waals surface area contributed by atoms with E-state index in [-0.39, 0.29) is 12.4 Å². The van der Waals surface area contributed by atoms with Gasteiger partial charge in [-0.05, 0) is 29.8 Å². The normalized spacial score (nSPS) is 10.5. The van der Waals surface area contributed by atoms with Crippen molar-refractivity contribution in [1.29, 1.82) is 0 Å². The topological polar surface area (TPSA) is 62.8 Å². The fourth-order valence-electron chi connectivity index (χ4n) is 2.02. The second-order valence-corrected chi connectivity index (χ2v) is 5.27. The van der Waals surface area contributed by atoms with Gasteiger partial charge in [-0.3, -0.25) is 0 Å². The summed E-state index contributed by atoms with van der Waals surface area (Å²) in [5.74, 6) is 0.955. The molecule has 0 aliphatic rings. The molecule has 0 radical (unpaired) electrons.